The van der Waals surface area contributed by atoms with Crippen molar-refractivity contribution in [1.82, 2.24) is 0 Å². The van der Waals surface area contributed by atoms with Crippen molar-refractivity contribution in [3.63, 3.8) is 0 Å². The minimum absolute atomic E-state index is 1.24. The highest BCUT2D eigenvalue weighted by atomic mass is 14.2. The molecule has 0 spiro atoms. The zero-order chi connectivity index (χ0) is 31.6. The molecule has 0 saturated heterocycles. The third-order valence-electron chi connectivity index (χ3n) is 10.2. The average Bonchev–Trinajstić information content (AvgIpc) is 3.16. The normalized spacial score (nSPS) is 11.8. The Morgan fingerprint density at radius 2 is 0.688 bits per heavy atom. The molecule has 0 unspecified atom stereocenters. The summed E-state index contributed by atoms with van der Waals surface area (Å²) in [5.41, 5.74) is 7.55. The van der Waals surface area contributed by atoms with Crippen molar-refractivity contribution in [2.24, 2.45) is 0 Å². The molecule has 0 atom stereocenters. The molecule has 0 fully saturated rings. The van der Waals surface area contributed by atoms with E-state index in [1.807, 2.05) is 0 Å². The Morgan fingerprint density at radius 3 is 1.44 bits per heavy atom. The lowest BCUT2D eigenvalue weighted by molar-refractivity contribution is 1.64. The van der Waals surface area contributed by atoms with E-state index in [9.17, 15) is 0 Å². The molecule has 0 heteroatoms. The molecule has 0 aromatic heterocycles. The van der Waals surface area contributed by atoms with E-state index in [0.29, 0.717) is 0 Å². The second kappa shape index (κ2) is 10.7. The molecule has 0 radical (unpaired) electrons. The lowest BCUT2D eigenvalue weighted by Gasteiger charge is -2.20. The molecule has 0 bridgehead atoms. The van der Waals surface area contributed by atoms with Crippen LogP contribution in [0.15, 0.2) is 182 Å². The summed E-state index contributed by atoms with van der Waals surface area (Å²) in [4.78, 5) is 0. The van der Waals surface area contributed by atoms with Gasteiger partial charge in [-0.2, -0.15) is 0 Å². The molecule has 0 nitrogen and oxygen atoms in total. The van der Waals surface area contributed by atoms with Gasteiger partial charge in [0.1, 0.15) is 0 Å². The first-order chi connectivity index (χ1) is 23.8. The van der Waals surface area contributed by atoms with E-state index in [0.717, 1.165) is 0 Å². The van der Waals surface area contributed by atoms with Crippen molar-refractivity contribution < 1.29 is 0 Å². The molecule has 0 N–H and O–H groups in total. The van der Waals surface area contributed by atoms with Crippen LogP contribution in [-0.2, 0) is 0 Å². The fourth-order valence-corrected chi connectivity index (χ4v) is 7.93. The maximum absolute atomic E-state index is 2.41. The van der Waals surface area contributed by atoms with Crippen LogP contribution in [0.25, 0.3) is 98.0 Å². The molecule has 0 aliphatic carbocycles. The summed E-state index contributed by atoms with van der Waals surface area (Å²) in [5.74, 6) is 0. The van der Waals surface area contributed by atoms with Crippen LogP contribution in [0.1, 0.15) is 0 Å². The Balaban J connectivity index is 1.29. The fraction of sp³-hybridized carbons (Fsp3) is 0. The predicted molar refractivity (Wildman–Crippen MR) is 208 cm³/mol. The monoisotopic (exact) mass is 606 g/mol. The van der Waals surface area contributed by atoms with Gasteiger partial charge in [0.15, 0.2) is 0 Å². The van der Waals surface area contributed by atoms with Crippen LogP contribution >= 0.6 is 0 Å². The lowest BCUT2D eigenvalue weighted by atomic mass is 9.83. The van der Waals surface area contributed by atoms with Gasteiger partial charge >= 0.3 is 0 Å². The molecular formula is C48H30. The SMILES string of the molecule is c1ccc(-c2ccc3cc(-c4c5ccccc5c(-c5ccc6ccc7ccccc7c6c5)c5ccc6ccccc6c45)ccc3c2)cc1. The maximum atomic E-state index is 2.41. The maximum Gasteiger partial charge on any atom is -0.00141 e. The minimum Gasteiger partial charge on any atom is -0.0622 e. The highest BCUT2D eigenvalue weighted by Crippen LogP contribution is 2.47. The fourth-order valence-electron chi connectivity index (χ4n) is 7.93. The third-order valence-corrected chi connectivity index (χ3v) is 10.2. The van der Waals surface area contributed by atoms with Crippen molar-refractivity contribution in [1.29, 1.82) is 0 Å². The number of fused-ring (bicyclic) bond motifs is 8. The van der Waals surface area contributed by atoms with Crippen molar-refractivity contribution in [3.05, 3.63) is 182 Å². The van der Waals surface area contributed by atoms with E-state index >= 15 is 0 Å². The Hall–Kier alpha value is -6.24. The molecule has 0 aliphatic rings. The molecule has 10 aromatic rings. The van der Waals surface area contributed by atoms with Gasteiger partial charge in [0, 0.05) is 0 Å². The number of rotatable bonds is 3. The van der Waals surface area contributed by atoms with E-state index < -0.39 is 0 Å². The van der Waals surface area contributed by atoms with Crippen molar-refractivity contribution in [2.75, 3.05) is 0 Å². The second-order valence-corrected chi connectivity index (χ2v) is 12.9. The topological polar surface area (TPSA) is 0 Å². The van der Waals surface area contributed by atoms with E-state index in [1.165, 1.54) is 98.0 Å². The summed E-state index contributed by atoms with van der Waals surface area (Å²) in [6, 6.07) is 67.2. The number of benzene rings is 10. The Morgan fingerprint density at radius 1 is 0.208 bits per heavy atom. The van der Waals surface area contributed by atoms with Crippen LogP contribution in [0.2, 0.25) is 0 Å². The summed E-state index contributed by atoms with van der Waals surface area (Å²) in [5, 5.41) is 15.3. The summed E-state index contributed by atoms with van der Waals surface area (Å²) < 4.78 is 0. The highest BCUT2D eigenvalue weighted by molar-refractivity contribution is 6.28. The van der Waals surface area contributed by atoms with Gasteiger partial charge < -0.3 is 0 Å². The molecule has 0 aliphatic heterocycles. The van der Waals surface area contributed by atoms with Gasteiger partial charge in [0.2, 0.25) is 0 Å². The van der Waals surface area contributed by atoms with Gasteiger partial charge in [-0.15, -0.1) is 0 Å². The van der Waals surface area contributed by atoms with E-state index in [4.69, 9.17) is 0 Å². The summed E-state index contributed by atoms with van der Waals surface area (Å²) in [7, 11) is 0. The summed E-state index contributed by atoms with van der Waals surface area (Å²) in [6.07, 6.45) is 0. The average molecular weight is 607 g/mol. The lowest BCUT2D eigenvalue weighted by Crippen LogP contribution is -1.92. The van der Waals surface area contributed by atoms with E-state index in [1.54, 1.807) is 0 Å². The molecule has 48 heavy (non-hydrogen) atoms. The number of hydrogen-bond donors (Lipinski definition) is 0. The quantitative estimate of drug-likeness (QED) is 0.139. The summed E-state index contributed by atoms with van der Waals surface area (Å²) >= 11 is 0. The first-order valence-electron chi connectivity index (χ1n) is 16.7. The molecule has 0 heterocycles. The van der Waals surface area contributed by atoms with E-state index in [-0.39, 0.29) is 0 Å². The Labute approximate surface area is 279 Å². The standard InChI is InChI=1S/C48H30/c1-2-10-31(11-3-1)35-21-22-37-29-38(25-23-36(37)28-35)47-43-17-9-8-16-42(43)46(44-27-26-33-13-5-7-15-41(33)48(44)47)39-24-20-34-19-18-32-12-4-6-14-40(32)45(34)30-39/h1-30H. The highest BCUT2D eigenvalue weighted by Gasteiger charge is 2.19. The molecule has 10 aromatic carbocycles. The van der Waals surface area contributed by atoms with Crippen molar-refractivity contribution in [2.45, 2.75) is 0 Å². The Kier molecular flexibility index (Phi) is 5.98. The van der Waals surface area contributed by atoms with Gasteiger partial charge in [-0.3, -0.25) is 0 Å². The van der Waals surface area contributed by atoms with E-state index in [2.05, 4.69) is 182 Å². The number of hydrogen-bond acceptors (Lipinski definition) is 0. The van der Waals surface area contributed by atoms with Gasteiger partial charge in [-0.25, -0.2) is 0 Å². The largest absolute Gasteiger partial charge is 0.0622 e. The first-order valence-corrected chi connectivity index (χ1v) is 16.7. The molecule has 10 rings (SSSR count). The Bertz CT molecular complexity index is 2880. The second-order valence-electron chi connectivity index (χ2n) is 12.9. The van der Waals surface area contributed by atoms with Gasteiger partial charge in [0.25, 0.3) is 0 Å². The predicted octanol–water partition coefficient (Wildman–Crippen LogP) is 13.6. The molecular weight excluding hydrogens is 577 g/mol. The third kappa shape index (κ3) is 4.16. The zero-order valence-corrected chi connectivity index (χ0v) is 26.3. The smallest absolute Gasteiger partial charge is 0.00141 e. The van der Waals surface area contributed by atoms with Crippen LogP contribution in [0.3, 0.4) is 0 Å². The van der Waals surface area contributed by atoms with Crippen LogP contribution in [0, 0.1) is 0 Å². The van der Waals surface area contributed by atoms with Crippen LogP contribution in [0.4, 0.5) is 0 Å². The van der Waals surface area contributed by atoms with Gasteiger partial charge in [0.05, 0.1) is 0 Å². The molecule has 0 amide bonds. The van der Waals surface area contributed by atoms with Crippen LogP contribution < -0.4 is 0 Å². The zero-order valence-electron chi connectivity index (χ0n) is 26.3. The molecule has 0 saturated carbocycles. The summed E-state index contributed by atoms with van der Waals surface area (Å²) in [6.45, 7) is 0. The first kappa shape index (κ1) is 26.9. The molecule has 222 valence electrons. The van der Waals surface area contributed by atoms with Crippen LogP contribution in [-0.4, -0.2) is 0 Å². The minimum atomic E-state index is 1.24. The van der Waals surface area contributed by atoms with Crippen molar-refractivity contribution in [3.8, 4) is 33.4 Å². The van der Waals surface area contributed by atoms with Gasteiger partial charge in [-0.1, -0.05) is 164 Å². The van der Waals surface area contributed by atoms with Crippen molar-refractivity contribution >= 4 is 64.6 Å². The van der Waals surface area contributed by atoms with Gasteiger partial charge in [-0.05, 0) is 116 Å². The van der Waals surface area contributed by atoms with Crippen LogP contribution in [0.5, 0.6) is 0 Å².